The van der Waals surface area contributed by atoms with Gasteiger partial charge >= 0.3 is 0 Å². The zero-order valence-corrected chi connectivity index (χ0v) is 8.51. The number of hydrogen-bond donors (Lipinski definition) is 1. The van der Waals surface area contributed by atoms with Crippen LogP contribution >= 0.6 is 0 Å². The Kier molecular flexibility index (Phi) is 1.65. The molecule has 1 N–H and O–H groups in total. The molecule has 15 heavy (non-hydrogen) atoms. The first-order chi connectivity index (χ1) is 7.25. The molecule has 6 heteroatoms. The molecule has 1 aliphatic carbocycles. The summed E-state index contributed by atoms with van der Waals surface area (Å²) in [5.41, 5.74) is 0.869. The summed E-state index contributed by atoms with van der Waals surface area (Å²) in [7, 11) is 0. The maximum absolute atomic E-state index is 4.27. The second kappa shape index (κ2) is 2.88. The number of aromatic nitrogens is 5. The Balaban J connectivity index is 1.90. The van der Waals surface area contributed by atoms with Gasteiger partial charge in [0, 0.05) is 5.54 Å². The lowest BCUT2D eigenvalue weighted by atomic mass is 9.78. The number of hydrogen-bond acceptors (Lipinski definition) is 5. The fraction of sp³-hybridized carbons (Fsp3) is 0.556. The molecule has 0 aliphatic heterocycles. The van der Waals surface area contributed by atoms with Gasteiger partial charge in [-0.2, -0.15) is 0 Å². The Morgan fingerprint density at radius 3 is 3.00 bits per heavy atom. The topological polar surface area (TPSA) is 68.0 Å². The maximum Gasteiger partial charge on any atom is 0.200 e. The van der Waals surface area contributed by atoms with Crippen molar-refractivity contribution in [1.82, 2.24) is 25.3 Å². The van der Waals surface area contributed by atoms with Crippen LogP contribution in [0.1, 0.15) is 26.2 Å². The lowest BCUT2D eigenvalue weighted by molar-refractivity contribution is 0.305. The number of nitrogens with one attached hydrogen (secondary N) is 1. The first-order valence-corrected chi connectivity index (χ1v) is 5.09. The number of anilines is 1. The second-order valence-corrected chi connectivity index (χ2v) is 4.28. The highest BCUT2D eigenvalue weighted by Crippen LogP contribution is 2.33. The third-order valence-corrected chi connectivity index (χ3v) is 2.96. The molecule has 6 nitrogen and oxygen atoms in total. The number of nitrogens with zero attached hydrogens (tertiary/aromatic N) is 5. The minimum absolute atomic E-state index is 0.203. The largest absolute Gasteiger partial charge is 0.363 e. The van der Waals surface area contributed by atoms with Gasteiger partial charge in [0.15, 0.2) is 5.65 Å². The summed E-state index contributed by atoms with van der Waals surface area (Å²) in [5.74, 6) is 0.831. The molecule has 3 rings (SSSR count). The molecule has 0 atom stereocenters. The van der Waals surface area contributed by atoms with Crippen molar-refractivity contribution in [2.75, 3.05) is 5.32 Å². The minimum Gasteiger partial charge on any atom is -0.363 e. The van der Waals surface area contributed by atoms with Crippen LogP contribution in [-0.2, 0) is 0 Å². The van der Waals surface area contributed by atoms with Crippen molar-refractivity contribution >= 4 is 11.5 Å². The summed E-state index contributed by atoms with van der Waals surface area (Å²) >= 11 is 0. The Bertz CT molecular complexity index is 486. The van der Waals surface area contributed by atoms with E-state index in [1.165, 1.54) is 23.9 Å². The molecule has 1 fully saturated rings. The zero-order chi connectivity index (χ0) is 10.3. The van der Waals surface area contributed by atoms with Crippen molar-refractivity contribution in [3.63, 3.8) is 0 Å². The number of rotatable bonds is 2. The quantitative estimate of drug-likeness (QED) is 0.786. The van der Waals surface area contributed by atoms with E-state index in [1.54, 1.807) is 0 Å². The van der Waals surface area contributed by atoms with E-state index in [0.29, 0.717) is 5.65 Å². The summed E-state index contributed by atoms with van der Waals surface area (Å²) < 4.78 is 1.43. The van der Waals surface area contributed by atoms with Crippen molar-refractivity contribution in [2.45, 2.75) is 31.7 Å². The monoisotopic (exact) mass is 204 g/mol. The Morgan fingerprint density at radius 1 is 1.40 bits per heavy atom. The smallest absolute Gasteiger partial charge is 0.200 e. The van der Waals surface area contributed by atoms with Gasteiger partial charge < -0.3 is 5.32 Å². The van der Waals surface area contributed by atoms with Gasteiger partial charge in [0.1, 0.15) is 5.82 Å². The van der Waals surface area contributed by atoms with E-state index in [-0.39, 0.29) is 5.54 Å². The molecule has 0 aromatic carbocycles. The lowest BCUT2D eigenvalue weighted by Crippen LogP contribution is -2.42. The average Bonchev–Trinajstić information content (AvgIpc) is 2.62. The molecule has 1 aliphatic rings. The molecular weight excluding hydrogens is 192 g/mol. The predicted octanol–water partition coefficient (Wildman–Crippen LogP) is 0.874. The molecule has 0 spiro atoms. The van der Waals surface area contributed by atoms with Gasteiger partial charge in [0.05, 0.1) is 0 Å². The van der Waals surface area contributed by atoms with Gasteiger partial charge in [-0.1, -0.05) is 0 Å². The van der Waals surface area contributed by atoms with Crippen molar-refractivity contribution < 1.29 is 0 Å². The summed E-state index contributed by atoms with van der Waals surface area (Å²) in [4.78, 5) is 0. The molecule has 2 aromatic heterocycles. The van der Waals surface area contributed by atoms with Crippen LogP contribution in [0.3, 0.4) is 0 Å². The van der Waals surface area contributed by atoms with E-state index in [4.69, 9.17) is 0 Å². The van der Waals surface area contributed by atoms with Gasteiger partial charge in [-0.15, -0.1) is 14.8 Å². The van der Waals surface area contributed by atoms with Gasteiger partial charge in [-0.25, -0.2) is 0 Å². The highest BCUT2D eigenvalue weighted by molar-refractivity contribution is 5.44. The van der Waals surface area contributed by atoms with Crippen molar-refractivity contribution in [3.8, 4) is 0 Å². The molecule has 0 saturated heterocycles. The maximum atomic E-state index is 4.27. The molecule has 0 amide bonds. The van der Waals surface area contributed by atoms with E-state index < -0.39 is 0 Å². The average molecular weight is 204 g/mol. The van der Waals surface area contributed by atoms with E-state index in [9.17, 15) is 0 Å². The van der Waals surface area contributed by atoms with Gasteiger partial charge in [-0.3, -0.25) is 0 Å². The predicted molar refractivity (Wildman–Crippen MR) is 54.5 cm³/mol. The van der Waals surface area contributed by atoms with Gasteiger partial charge in [0.25, 0.3) is 0 Å². The Labute approximate surface area is 86.7 Å². The van der Waals surface area contributed by atoms with E-state index >= 15 is 0 Å². The molecule has 78 valence electrons. The molecule has 0 unspecified atom stereocenters. The van der Waals surface area contributed by atoms with Crippen LogP contribution in [-0.4, -0.2) is 30.8 Å². The fourth-order valence-corrected chi connectivity index (χ4v) is 1.86. The lowest BCUT2D eigenvalue weighted by Gasteiger charge is -2.39. The molecule has 2 aromatic rings. The third-order valence-electron chi connectivity index (χ3n) is 2.96. The molecule has 0 radical (unpaired) electrons. The van der Waals surface area contributed by atoms with Crippen LogP contribution in [0.5, 0.6) is 0 Å². The summed E-state index contributed by atoms with van der Waals surface area (Å²) in [5, 5.41) is 18.8. The minimum atomic E-state index is 0.203. The van der Waals surface area contributed by atoms with E-state index in [0.717, 1.165) is 5.82 Å². The van der Waals surface area contributed by atoms with E-state index in [2.05, 4.69) is 32.9 Å². The van der Waals surface area contributed by atoms with Crippen LogP contribution in [0.4, 0.5) is 5.82 Å². The third kappa shape index (κ3) is 1.42. The normalized spacial score (nSPS) is 18.7. The first-order valence-electron chi connectivity index (χ1n) is 5.09. The molecule has 2 heterocycles. The number of fused-ring (bicyclic) bond motifs is 1. The second-order valence-electron chi connectivity index (χ2n) is 4.28. The van der Waals surface area contributed by atoms with Crippen molar-refractivity contribution in [3.05, 3.63) is 12.1 Å². The highest BCUT2D eigenvalue weighted by Gasteiger charge is 2.31. The van der Waals surface area contributed by atoms with Crippen molar-refractivity contribution in [1.29, 1.82) is 0 Å². The Morgan fingerprint density at radius 2 is 2.27 bits per heavy atom. The van der Waals surface area contributed by atoms with Crippen LogP contribution in [0.2, 0.25) is 0 Å². The summed E-state index contributed by atoms with van der Waals surface area (Å²) in [6.07, 6.45) is 3.68. The molecule has 1 saturated carbocycles. The van der Waals surface area contributed by atoms with Crippen LogP contribution < -0.4 is 5.32 Å². The summed E-state index contributed by atoms with van der Waals surface area (Å²) in [6.45, 7) is 2.21. The van der Waals surface area contributed by atoms with Crippen LogP contribution in [0.25, 0.3) is 5.65 Å². The van der Waals surface area contributed by atoms with Gasteiger partial charge in [-0.05, 0) is 48.7 Å². The van der Waals surface area contributed by atoms with Crippen LogP contribution in [0, 0.1) is 0 Å². The standard InChI is InChI=1S/C9H12N6/c1-9(5-2-6-9)10-7-3-4-8-11-13-14-15(8)12-7/h3-4H,2,5-6H2,1H3,(H,10,12). The van der Waals surface area contributed by atoms with Crippen molar-refractivity contribution in [2.24, 2.45) is 0 Å². The summed E-state index contributed by atoms with van der Waals surface area (Å²) in [6, 6.07) is 3.77. The SMILES string of the molecule is CC1(Nc2ccc3nnnn3n2)CCC1. The fourth-order valence-electron chi connectivity index (χ4n) is 1.86. The zero-order valence-electron chi connectivity index (χ0n) is 8.51. The Hall–Kier alpha value is -1.72. The van der Waals surface area contributed by atoms with Crippen LogP contribution in [0.15, 0.2) is 12.1 Å². The molecular formula is C9H12N6. The highest BCUT2D eigenvalue weighted by atomic mass is 15.6. The molecule has 0 bridgehead atoms. The number of tetrazole rings is 1. The van der Waals surface area contributed by atoms with E-state index in [1.807, 2.05) is 12.1 Å². The van der Waals surface area contributed by atoms with Gasteiger partial charge in [0.2, 0.25) is 0 Å². The first kappa shape index (κ1) is 8.58.